The number of carbonyl (C=O) groups excluding carboxylic acids is 1. The van der Waals surface area contributed by atoms with Crippen molar-refractivity contribution < 1.29 is 10.0 Å². The lowest BCUT2D eigenvalue weighted by atomic mass is 10.1. The molecule has 0 atom stereocenters. The van der Waals surface area contributed by atoms with Crippen molar-refractivity contribution in [3.05, 3.63) is 63.6 Å². The highest BCUT2D eigenvalue weighted by molar-refractivity contribution is 6.36. The van der Waals surface area contributed by atoms with Crippen molar-refractivity contribution >= 4 is 40.6 Å². The highest BCUT2D eigenvalue weighted by atomic mass is 35.5. The Kier molecular flexibility index (Phi) is 4.67. The molecule has 0 bridgehead atoms. The summed E-state index contributed by atoms with van der Waals surface area (Å²) >= 11 is 11.8. The topological polar surface area (TPSA) is 87.7 Å². The molecule has 5 nitrogen and oxygen atoms in total. The van der Waals surface area contributed by atoms with E-state index in [4.69, 9.17) is 34.1 Å². The number of anilines is 1. The zero-order valence-corrected chi connectivity index (χ0v) is 12.2. The van der Waals surface area contributed by atoms with Gasteiger partial charge in [0.1, 0.15) is 0 Å². The van der Waals surface area contributed by atoms with E-state index in [1.54, 1.807) is 36.4 Å². The summed E-state index contributed by atoms with van der Waals surface area (Å²) in [7, 11) is 0. The summed E-state index contributed by atoms with van der Waals surface area (Å²) in [6.07, 6.45) is 0. The predicted octanol–water partition coefficient (Wildman–Crippen LogP) is 3.34. The molecule has 21 heavy (non-hydrogen) atoms. The van der Waals surface area contributed by atoms with E-state index in [-0.39, 0.29) is 11.4 Å². The van der Waals surface area contributed by atoms with Crippen LogP contribution in [0.5, 0.6) is 0 Å². The highest BCUT2D eigenvalue weighted by Crippen LogP contribution is 2.22. The fraction of sp³-hybridized carbons (Fsp3) is 0. The summed E-state index contributed by atoms with van der Waals surface area (Å²) < 4.78 is 0. The van der Waals surface area contributed by atoms with Gasteiger partial charge in [0.15, 0.2) is 5.84 Å². The Morgan fingerprint density at radius 2 is 1.95 bits per heavy atom. The van der Waals surface area contributed by atoms with Crippen molar-refractivity contribution in [2.75, 3.05) is 5.32 Å². The lowest BCUT2D eigenvalue weighted by Gasteiger charge is -2.08. The van der Waals surface area contributed by atoms with Gasteiger partial charge >= 0.3 is 0 Å². The van der Waals surface area contributed by atoms with E-state index in [9.17, 15) is 4.79 Å². The summed E-state index contributed by atoms with van der Waals surface area (Å²) in [5.41, 5.74) is 6.73. The van der Waals surface area contributed by atoms with Crippen LogP contribution in [0.3, 0.4) is 0 Å². The van der Waals surface area contributed by atoms with Gasteiger partial charge in [-0.05, 0) is 30.3 Å². The van der Waals surface area contributed by atoms with E-state index < -0.39 is 5.91 Å². The first-order valence-electron chi connectivity index (χ1n) is 5.85. The number of nitrogens with two attached hydrogens (primary N) is 1. The second-order valence-electron chi connectivity index (χ2n) is 4.14. The van der Waals surface area contributed by atoms with Gasteiger partial charge < -0.3 is 16.3 Å². The van der Waals surface area contributed by atoms with Crippen LogP contribution >= 0.6 is 23.2 Å². The van der Waals surface area contributed by atoms with Gasteiger partial charge in [-0.15, -0.1) is 0 Å². The summed E-state index contributed by atoms with van der Waals surface area (Å²) in [4.78, 5) is 12.2. The molecule has 0 saturated carbocycles. The molecular weight excluding hydrogens is 313 g/mol. The van der Waals surface area contributed by atoms with Gasteiger partial charge in [-0.25, -0.2) is 0 Å². The molecule has 1 amide bonds. The number of halogens is 2. The van der Waals surface area contributed by atoms with E-state index in [2.05, 4.69) is 10.5 Å². The minimum Gasteiger partial charge on any atom is -0.409 e. The number of hydrogen-bond donors (Lipinski definition) is 3. The number of carbonyl (C=O) groups is 1. The number of hydrogen-bond acceptors (Lipinski definition) is 3. The number of nitrogens with zero attached hydrogens (tertiary/aromatic N) is 1. The maximum atomic E-state index is 12.2. The molecule has 2 rings (SSSR count). The molecule has 0 aliphatic carbocycles. The molecule has 0 radical (unpaired) electrons. The molecule has 2 aromatic rings. The Morgan fingerprint density at radius 3 is 2.67 bits per heavy atom. The molecule has 2 aromatic carbocycles. The molecule has 108 valence electrons. The Balaban J connectivity index is 2.26. The van der Waals surface area contributed by atoms with Crippen molar-refractivity contribution in [1.29, 1.82) is 0 Å². The van der Waals surface area contributed by atoms with E-state index >= 15 is 0 Å². The van der Waals surface area contributed by atoms with Crippen LogP contribution in [0.15, 0.2) is 47.6 Å². The van der Waals surface area contributed by atoms with Crippen molar-refractivity contribution in [3.8, 4) is 0 Å². The lowest BCUT2D eigenvalue weighted by Crippen LogP contribution is -2.15. The van der Waals surface area contributed by atoms with Gasteiger partial charge in [-0.3, -0.25) is 4.79 Å². The Hall–Kier alpha value is -2.24. The number of benzene rings is 2. The maximum Gasteiger partial charge on any atom is 0.257 e. The molecule has 0 aliphatic rings. The van der Waals surface area contributed by atoms with Crippen LogP contribution in [0.4, 0.5) is 5.69 Å². The van der Waals surface area contributed by atoms with Gasteiger partial charge in [0.2, 0.25) is 0 Å². The van der Waals surface area contributed by atoms with Crippen LogP contribution in [0, 0.1) is 0 Å². The third-order valence-electron chi connectivity index (χ3n) is 2.70. The van der Waals surface area contributed by atoms with Crippen LogP contribution in [0.25, 0.3) is 0 Å². The zero-order chi connectivity index (χ0) is 15.4. The zero-order valence-electron chi connectivity index (χ0n) is 10.7. The molecule has 0 fully saturated rings. The normalized spacial score (nSPS) is 11.2. The molecule has 0 unspecified atom stereocenters. The molecule has 0 aromatic heterocycles. The third-order valence-corrected chi connectivity index (χ3v) is 3.26. The molecule has 0 aliphatic heterocycles. The van der Waals surface area contributed by atoms with Crippen LogP contribution in [0.1, 0.15) is 15.9 Å². The summed E-state index contributed by atoms with van der Waals surface area (Å²) in [6.45, 7) is 0. The van der Waals surface area contributed by atoms with Crippen molar-refractivity contribution in [3.63, 3.8) is 0 Å². The van der Waals surface area contributed by atoms with Crippen LogP contribution in [0.2, 0.25) is 10.0 Å². The minimum absolute atomic E-state index is 0.0492. The fourth-order valence-electron chi connectivity index (χ4n) is 1.68. The van der Waals surface area contributed by atoms with Crippen molar-refractivity contribution in [1.82, 2.24) is 0 Å². The second kappa shape index (κ2) is 6.47. The average molecular weight is 324 g/mol. The maximum absolute atomic E-state index is 12.2. The molecule has 7 heteroatoms. The van der Waals surface area contributed by atoms with Gasteiger partial charge in [0.05, 0.1) is 10.6 Å². The third kappa shape index (κ3) is 3.65. The highest BCUT2D eigenvalue weighted by Gasteiger charge is 2.12. The smallest absolute Gasteiger partial charge is 0.257 e. The van der Waals surface area contributed by atoms with E-state index in [1.165, 1.54) is 6.07 Å². The van der Waals surface area contributed by atoms with E-state index in [0.29, 0.717) is 21.3 Å². The van der Waals surface area contributed by atoms with E-state index in [1.807, 2.05) is 0 Å². The number of nitrogens with one attached hydrogen (secondary N) is 1. The minimum atomic E-state index is -0.404. The Labute approximate surface area is 131 Å². The second-order valence-corrected chi connectivity index (χ2v) is 4.99. The molecular formula is C14H11Cl2N3O2. The van der Waals surface area contributed by atoms with Gasteiger partial charge in [-0.1, -0.05) is 40.5 Å². The number of amidine groups is 1. The van der Waals surface area contributed by atoms with Crippen molar-refractivity contribution in [2.45, 2.75) is 0 Å². The van der Waals surface area contributed by atoms with Crippen molar-refractivity contribution in [2.24, 2.45) is 10.9 Å². The van der Waals surface area contributed by atoms with Crippen LogP contribution in [-0.4, -0.2) is 17.0 Å². The lowest BCUT2D eigenvalue weighted by molar-refractivity contribution is 0.102. The van der Waals surface area contributed by atoms with Gasteiger partial charge in [0, 0.05) is 16.3 Å². The monoisotopic (exact) mass is 323 g/mol. The average Bonchev–Trinajstić information content (AvgIpc) is 2.49. The van der Waals surface area contributed by atoms with Gasteiger partial charge in [-0.2, -0.15) is 0 Å². The quantitative estimate of drug-likeness (QED) is 0.350. The molecule has 4 N–H and O–H groups in total. The first kappa shape index (κ1) is 15.2. The fourth-order valence-corrected chi connectivity index (χ4v) is 2.06. The Morgan fingerprint density at radius 1 is 1.19 bits per heavy atom. The summed E-state index contributed by atoms with van der Waals surface area (Å²) in [6, 6.07) is 11.2. The SMILES string of the molecule is N/C(=N/O)c1cccc(NC(=O)c2cc(Cl)ccc2Cl)c1. The number of amides is 1. The molecule has 0 spiro atoms. The predicted molar refractivity (Wildman–Crippen MR) is 83.4 cm³/mol. The van der Waals surface area contributed by atoms with Gasteiger partial charge in [0.25, 0.3) is 5.91 Å². The van der Waals surface area contributed by atoms with Crippen LogP contribution in [-0.2, 0) is 0 Å². The van der Waals surface area contributed by atoms with E-state index in [0.717, 1.165) is 0 Å². The first-order valence-corrected chi connectivity index (χ1v) is 6.61. The standard InChI is InChI=1S/C14H11Cl2N3O2/c15-9-4-5-12(16)11(7-9)14(20)18-10-3-1-2-8(6-10)13(17)19-21/h1-7,21H,(H2,17,19)(H,18,20). The molecule has 0 heterocycles. The number of rotatable bonds is 3. The Bertz CT molecular complexity index is 717. The number of oxime groups is 1. The molecule has 0 saturated heterocycles. The van der Waals surface area contributed by atoms with Crippen LogP contribution < -0.4 is 11.1 Å². The first-order chi connectivity index (χ1) is 10.0. The summed E-state index contributed by atoms with van der Waals surface area (Å²) in [5.74, 6) is -0.453. The summed E-state index contributed by atoms with van der Waals surface area (Å²) in [5, 5.41) is 14.9. The largest absolute Gasteiger partial charge is 0.409 e.